The van der Waals surface area contributed by atoms with Crippen molar-refractivity contribution in [1.29, 1.82) is 0 Å². The summed E-state index contributed by atoms with van der Waals surface area (Å²) in [5.41, 5.74) is 6.74. The fraction of sp³-hybridized carbons (Fsp3) is 0.706. The van der Waals surface area contributed by atoms with Gasteiger partial charge in [-0.1, -0.05) is 32.1 Å². The van der Waals surface area contributed by atoms with Gasteiger partial charge in [-0.05, 0) is 12.3 Å². The van der Waals surface area contributed by atoms with Crippen molar-refractivity contribution < 1.29 is 14.7 Å². The van der Waals surface area contributed by atoms with E-state index >= 15 is 0 Å². The van der Waals surface area contributed by atoms with Crippen molar-refractivity contribution in [3.63, 3.8) is 0 Å². The molecule has 5 N–H and O–H groups in total. The standard InChI is InChI=1S/C17H28N4O3/c18-14(9-13-10-19-11-20-13)17(24)21-15(16(23)6-7-22)8-12-4-2-1-3-5-12/h7,10-12,14-16,23H,1-6,8-9,18H2,(H,19,20)(H,21,24)/t14-,15-,16-/m0/s1. The van der Waals surface area contributed by atoms with E-state index in [1.165, 1.54) is 19.3 Å². The van der Waals surface area contributed by atoms with Crippen molar-refractivity contribution in [2.75, 3.05) is 0 Å². The molecule has 1 aliphatic carbocycles. The number of H-pyrrole nitrogens is 1. The van der Waals surface area contributed by atoms with Gasteiger partial charge in [-0.3, -0.25) is 4.79 Å². The summed E-state index contributed by atoms with van der Waals surface area (Å²) in [7, 11) is 0. The van der Waals surface area contributed by atoms with Crippen LogP contribution in [0, 0.1) is 5.92 Å². The van der Waals surface area contributed by atoms with Crippen molar-refractivity contribution in [3.05, 3.63) is 18.2 Å². The molecule has 0 radical (unpaired) electrons. The maximum atomic E-state index is 12.4. The number of hydrogen-bond donors (Lipinski definition) is 4. The predicted octanol–water partition coefficient (Wildman–Crippen LogP) is 0.685. The number of imidazole rings is 1. The van der Waals surface area contributed by atoms with Crippen LogP contribution in [0.25, 0.3) is 0 Å². The first kappa shape index (κ1) is 18.6. The third kappa shape index (κ3) is 5.72. The Morgan fingerprint density at radius 3 is 2.83 bits per heavy atom. The van der Waals surface area contributed by atoms with Crippen LogP contribution >= 0.6 is 0 Å². The first-order valence-corrected chi connectivity index (χ1v) is 8.75. The third-order valence-electron chi connectivity index (χ3n) is 4.77. The van der Waals surface area contributed by atoms with E-state index in [0.717, 1.165) is 18.5 Å². The number of nitrogens with zero attached hydrogens (tertiary/aromatic N) is 1. The summed E-state index contributed by atoms with van der Waals surface area (Å²) in [6, 6.07) is -1.15. The van der Waals surface area contributed by atoms with Gasteiger partial charge in [0.05, 0.1) is 24.5 Å². The number of amides is 1. The van der Waals surface area contributed by atoms with Gasteiger partial charge in [0.15, 0.2) is 0 Å². The van der Waals surface area contributed by atoms with Crippen LogP contribution < -0.4 is 11.1 Å². The normalized spacial score (nSPS) is 19.4. The molecule has 1 fully saturated rings. The number of hydrogen-bond acceptors (Lipinski definition) is 5. The molecule has 0 spiro atoms. The second-order valence-electron chi connectivity index (χ2n) is 6.71. The Balaban J connectivity index is 1.92. The van der Waals surface area contributed by atoms with Crippen LogP contribution in [0.1, 0.15) is 50.6 Å². The molecule has 0 aliphatic heterocycles. The molecule has 7 nitrogen and oxygen atoms in total. The molecule has 7 heteroatoms. The smallest absolute Gasteiger partial charge is 0.237 e. The summed E-state index contributed by atoms with van der Waals surface area (Å²) in [6.45, 7) is 0. The van der Waals surface area contributed by atoms with E-state index in [9.17, 15) is 14.7 Å². The maximum Gasteiger partial charge on any atom is 0.237 e. The van der Waals surface area contributed by atoms with Crippen LogP contribution in [-0.2, 0) is 16.0 Å². The summed E-state index contributed by atoms with van der Waals surface area (Å²) in [6.07, 6.45) is 9.91. The Morgan fingerprint density at radius 2 is 2.21 bits per heavy atom. The zero-order valence-electron chi connectivity index (χ0n) is 14.0. The van der Waals surface area contributed by atoms with E-state index in [-0.39, 0.29) is 12.3 Å². The number of aldehydes is 1. The second-order valence-corrected chi connectivity index (χ2v) is 6.71. The molecule has 1 aromatic heterocycles. The van der Waals surface area contributed by atoms with Crippen LogP contribution in [0.3, 0.4) is 0 Å². The first-order valence-electron chi connectivity index (χ1n) is 8.75. The van der Waals surface area contributed by atoms with Gasteiger partial charge in [-0.2, -0.15) is 0 Å². The zero-order chi connectivity index (χ0) is 17.4. The summed E-state index contributed by atoms with van der Waals surface area (Å²) in [5, 5.41) is 13.1. The van der Waals surface area contributed by atoms with E-state index in [0.29, 0.717) is 25.0 Å². The van der Waals surface area contributed by atoms with E-state index < -0.39 is 18.2 Å². The van der Waals surface area contributed by atoms with Gasteiger partial charge in [0.2, 0.25) is 5.91 Å². The summed E-state index contributed by atoms with van der Waals surface area (Å²) in [4.78, 5) is 29.9. The number of carbonyl (C=O) groups is 2. The van der Waals surface area contributed by atoms with Crippen LogP contribution in [0.2, 0.25) is 0 Å². The van der Waals surface area contributed by atoms with Crippen molar-refractivity contribution in [1.82, 2.24) is 15.3 Å². The minimum absolute atomic E-state index is 0.0213. The second kappa shape index (κ2) is 9.54. The lowest BCUT2D eigenvalue weighted by Crippen LogP contribution is -2.51. The molecule has 1 heterocycles. The molecule has 1 amide bonds. The van der Waals surface area contributed by atoms with Crippen molar-refractivity contribution in [2.24, 2.45) is 11.7 Å². The molecular formula is C17H28N4O3. The summed E-state index contributed by atoms with van der Waals surface area (Å²) < 4.78 is 0. The van der Waals surface area contributed by atoms with E-state index in [1.54, 1.807) is 12.5 Å². The van der Waals surface area contributed by atoms with Crippen LogP contribution in [0.5, 0.6) is 0 Å². The third-order valence-corrected chi connectivity index (χ3v) is 4.77. The number of carbonyl (C=O) groups excluding carboxylic acids is 2. The lowest BCUT2D eigenvalue weighted by molar-refractivity contribution is -0.124. The molecule has 134 valence electrons. The Labute approximate surface area is 142 Å². The van der Waals surface area contributed by atoms with Crippen LogP contribution in [0.4, 0.5) is 0 Å². The highest BCUT2D eigenvalue weighted by molar-refractivity contribution is 5.82. The van der Waals surface area contributed by atoms with Crippen molar-refractivity contribution in [2.45, 2.75) is 69.6 Å². The van der Waals surface area contributed by atoms with E-state index in [2.05, 4.69) is 15.3 Å². The highest BCUT2D eigenvalue weighted by Crippen LogP contribution is 2.28. The number of rotatable bonds is 9. The first-order chi connectivity index (χ1) is 11.6. The molecule has 1 aliphatic rings. The van der Waals surface area contributed by atoms with Crippen molar-refractivity contribution in [3.8, 4) is 0 Å². The van der Waals surface area contributed by atoms with Gasteiger partial charge in [-0.25, -0.2) is 4.98 Å². The van der Waals surface area contributed by atoms with Gasteiger partial charge in [-0.15, -0.1) is 0 Å². The zero-order valence-corrected chi connectivity index (χ0v) is 14.0. The number of aromatic nitrogens is 2. The summed E-state index contributed by atoms with van der Waals surface area (Å²) in [5.74, 6) is 0.171. The Bertz CT molecular complexity index is 500. The average molecular weight is 336 g/mol. The van der Waals surface area contributed by atoms with Gasteiger partial charge in [0.25, 0.3) is 0 Å². The Morgan fingerprint density at radius 1 is 1.46 bits per heavy atom. The molecule has 0 bridgehead atoms. The monoisotopic (exact) mass is 336 g/mol. The van der Waals surface area contributed by atoms with Gasteiger partial charge in [0, 0.05) is 24.7 Å². The number of aromatic amines is 1. The van der Waals surface area contributed by atoms with Crippen molar-refractivity contribution >= 4 is 12.2 Å². The highest BCUT2D eigenvalue weighted by Gasteiger charge is 2.27. The number of nitrogens with one attached hydrogen (secondary N) is 2. The van der Waals surface area contributed by atoms with E-state index in [4.69, 9.17) is 5.73 Å². The molecule has 24 heavy (non-hydrogen) atoms. The van der Waals surface area contributed by atoms with E-state index in [1.807, 2.05) is 0 Å². The quantitative estimate of drug-likeness (QED) is 0.494. The molecule has 0 saturated heterocycles. The Kier molecular flexibility index (Phi) is 7.39. The SMILES string of the molecule is N[C@@H](Cc1cnc[nH]1)C(=O)N[C@@H](CC1CCCCC1)[C@@H](O)CC=O. The van der Waals surface area contributed by atoms with Gasteiger partial charge >= 0.3 is 0 Å². The predicted molar refractivity (Wildman–Crippen MR) is 90.1 cm³/mol. The average Bonchev–Trinajstić information content (AvgIpc) is 3.08. The minimum Gasteiger partial charge on any atom is -0.391 e. The fourth-order valence-corrected chi connectivity index (χ4v) is 3.37. The fourth-order valence-electron chi connectivity index (χ4n) is 3.37. The molecule has 1 aromatic rings. The number of aliphatic hydroxyl groups is 1. The van der Waals surface area contributed by atoms with Crippen LogP contribution in [0.15, 0.2) is 12.5 Å². The lowest BCUT2D eigenvalue weighted by atomic mass is 9.83. The maximum absolute atomic E-state index is 12.4. The Hall–Kier alpha value is -1.73. The molecule has 3 atom stereocenters. The molecule has 0 aromatic carbocycles. The molecule has 2 rings (SSSR count). The molecule has 0 unspecified atom stereocenters. The largest absolute Gasteiger partial charge is 0.391 e. The van der Waals surface area contributed by atoms with Gasteiger partial charge in [0.1, 0.15) is 6.29 Å². The number of nitrogens with two attached hydrogens (primary N) is 1. The lowest BCUT2D eigenvalue weighted by Gasteiger charge is -2.30. The van der Waals surface area contributed by atoms with Crippen LogP contribution in [-0.4, -0.2) is 45.5 Å². The number of aliphatic hydroxyl groups excluding tert-OH is 1. The molecular weight excluding hydrogens is 308 g/mol. The summed E-state index contributed by atoms with van der Waals surface area (Å²) >= 11 is 0. The molecule has 1 saturated carbocycles. The topological polar surface area (TPSA) is 121 Å². The minimum atomic E-state index is -0.868. The highest BCUT2D eigenvalue weighted by atomic mass is 16.3. The van der Waals surface area contributed by atoms with Gasteiger partial charge < -0.3 is 25.9 Å².